The standard InChI is InChI=1S/C23H21FN4S/c1-29-23-25-12-15(13-26-23)14-28-11-10-17-16-6-3-5-9-20(16)27-21(17)22(28)18-7-2-4-8-19(18)24/h2-9,12-13,22,27H,10-11,14H2,1H3/t22-/m0/s1. The van der Waals surface area contributed by atoms with Gasteiger partial charge in [0.1, 0.15) is 5.82 Å². The van der Waals surface area contributed by atoms with Crippen molar-refractivity contribution in [1.29, 1.82) is 0 Å². The number of para-hydroxylation sites is 1. The topological polar surface area (TPSA) is 44.8 Å². The van der Waals surface area contributed by atoms with Crippen LogP contribution in [0.2, 0.25) is 0 Å². The molecule has 6 heteroatoms. The Bertz CT molecular complexity index is 1160. The van der Waals surface area contributed by atoms with Crippen molar-refractivity contribution in [3.8, 4) is 0 Å². The Kier molecular flexibility index (Phi) is 4.81. The van der Waals surface area contributed by atoms with Gasteiger partial charge in [-0.25, -0.2) is 14.4 Å². The molecule has 3 heterocycles. The first-order valence-corrected chi connectivity index (χ1v) is 10.9. The van der Waals surface area contributed by atoms with Gasteiger partial charge in [-0.05, 0) is 30.4 Å². The molecule has 1 atom stereocenters. The molecule has 4 nitrogen and oxygen atoms in total. The van der Waals surface area contributed by atoms with Crippen LogP contribution in [0.4, 0.5) is 4.39 Å². The second kappa shape index (κ2) is 7.61. The number of nitrogens with zero attached hydrogens (tertiary/aromatic N) is 3. The number of aromatic nitrogens is 3. The van der Waals surface area contributed by atoms with Crippen LogP contribution in [0.3, 0.4) is 0 Å². The summed E-state index contributed by atoms with van der Waals surface area (Å²) in [6.07, 6.45) is 6.63. The van der Waals surface area contributed by atoms with Crippen molar-refractivity contribution in [3.05, 3.63) is 89.1 Å². The number of rotatable bonds is 4. The molecule has 29 heavy (non-hydrogen) atoms. The molecule has 0 radical (unpaired) electrons. The van der Waals surface area contributed by atoms with Gasteiger partial charge in [-0.3, -0.25) is 4.90 Å². The summed E-state index contributed by atoms with van der Waals surface area (Å²) in [5.41, 5.74) is 5.21. The summed E-state index contributed by atoms with van der Waals surface area (Å²) in [6.45, 7) is 1.51. The highest BCUT2D eigenvalue weighted by Gasteiger charge is 2.33. The lowest BCUT2D eigenvalue weighted by atomic mass is 9.91. The minimum atomic E-state index is -0.178. The molecule has 0 saturated carbocycles. The fourth-order valence-corrected chi connectivity index (χ4v) is 4.59. The molecular formula is C23H21FN4S. The van der Waals surface area contributed by atoms with E-state index in [1.165, 1.54) is 22.7 Å². The first-order valence-electron chi connectivity index (χ1n) is 9.67. The number of hydrogen-bond acceptors (Lipinski definition) is 4. The lowest BCUT2D eigenvalue weighted by molar-refractivity contribution is 0.198. The number of fused-ring (bicyclic) bond motifs is 3. The quantitative estimate of drug-likeness (QED) is 0.385. The van der Waals surface area contributed by atoms with E-state index in [4.69, 9.17) is 0 Å². The maximum Gasteiger partial charge on any atom is 0.187 e. The minimum Gasteiger partial charge on any atom is -0.357 e. The molecule has 1 aliphatic rings. The summed E-state index contributed by atoms with van der Waals surface area (Å²) in [6, 6.07) is 15.2. The van der Waals surface area contributed by atoms with Gasteiger partial charge in [0.25, 0.3) is 0 Å². The van der Waals surface area contributed by atoms with Crippen molar-refractivity contribution in [2.75, 3.05) is 12.8 Å². The van der Waals surface area contributed by atoms with E-state index in [9.17, 15) is 4.39 Å². The van der Waals surface area contributed by atoms with E-state index in [1.807, 2.05) is 36.8 Å². The first-order chi connectivity index (χ1) is 14.2. The van der Waals surface area contributed by atoms with Crippen molar-refractivity contribution in [2.45, 2.75) is 24.2 Å². The minimum absolute atomic E-state index is 0.174. The summed E-state index contributed by atoms with van der Waals surface area (Å²) in [7, 11) is 0. The van der Waals surface area contributed by atoms with Crippen molar-refractivity contribution in [1.82, 2.24) is 19.9 Å². The highest BCUT2D eigenvalue weighted by molar-refractivity contribution is 7.98. The molecule has 1 aliphatic heterocycles. The number of hydrogen-bond donors (Lipinski definition) is 1. The molecule has 0 spiro atoms. The van der Waals surface area contributed by atoms with Crippen LogP contribution in [0.25, 0.3) is 10.9 Å². The number of halogens is 1. The predicted molar refractivity (Wildman–Crippen MR) is 114 cm³/mol. The summed E-state index contributed by atoms with van der Waals surface area (Å²) in [5, 5.41) is 1.99. The van der Waals surface area contributed by atoms with Crippen LogP contribution in [0.1, 0.15) is 28.4 Å². The van der Waals surface area contributed by atoms with Crippen LogP contribution in [-0.2, 0) is 13.0 Å². The molecule has 0 bridgehead atoms. The summed E-state index contributed by atoms with van der Waals surface area (Å²) >= 11 is 1.53. The average molecular weight is 405 g/mol. The molecule has 146 valence electrons. The Labute approximate surface area is 173 Å². The Balaban J connectivity index is 1.59. The van der Waals surface area contributed by atoms with E-state index >= 15 is 0 Å². The SMILES string of the molecule is CSc1ncc(CN2CCc3c([nH]c4ccccc34)[C@@H]2c2ccccc2F)cn1. The van der Waals surface area contributed by atoms with Gasteiger partial charge in [0.2, 0.25) is 0 Å². The normalized spacial score (nSPS) is 16.8. The lowest BCUT2D eigenvalue weighted by Gasteiger charge is -2.36. The molecule has 5 rings (SSSR count). The number of aromatic amines is 1. The van der Waals surface area contributed by atoms with Crippen LogP contribution in [-0.4, -0.2) is 32.7 Å². The van der Waals surface area contributed by atoms with Crippen molar-refractivity contribution >= 4 is 22.7 Å². The zero-order valence-electron chi connectivity index (χ0n) is 16.1. The first kappa shape index (κ1) is 18.3. The summed E-state index contributed by atoms with van der Waals surface area (Å²) < 4.78 is 14.9. The molecular weight excluding hydrogens is 383 g/mol. The molecule has 1 N–H and O–H groups in total. The van der Waals surface area contributed by atoms with Crippen molar-refractivity contribution in [3.63, 3.8) is 0 Å². The van der Waals surface area contributed by atoms with E-state index < -0.39 is 0 Å². The second-order valence-corrected chi connectivity index (χ2v) is 8.06. The maximum atomic E-state index is 14.9. The highest BCUT2D eigenvalue weighted by Crippen LogP contribution is 2.39. The molecule has 0 fully saturated rings. The third-order valence-electron chi connectivity index (χ3n) is 5.58. The smallest absolute Gasteiger partial charge is 0.187 e. The fraction of sp³-hybridized carbons (Fsp3) is 0.217. The predicted octanol–water partition coefficient (Wildman–Crippen LogP) is 4.97. The van der Waals surface area contributed by atoms with Crippen molar-refractivity contribution < 1.29 is 4.39 Å². The van der Waals surface area contributed by atoms with E-state index in [2.05, 4.69) is 38.1 Å². The van der Waals surface area contributed by atoms with Crippen LogP contribution in [0, 0.1) is 5.82 Å². The van der Waals surface area contributed by atoms with Gasteiger partial charge in [0, 0.05) is 53.2 Å². The summed E-state index contributed by atoms with van der Waals surface area (Å²) in [4.78, 5) is 14.7. The number of benzene rings is 2. The van der Waals surface area contributed by atoms with E-state index in [-0.39, 0.29) is 11.9 Å². The van der Waals surface area contributed by atoms with Gasteiger partial charge in [0.05, 0.1) is 6.04 Å². The Hall–Kier alpha value is -2.70. The van der Waals surface area contributed by atoms with Crippen LogP contribution >= 0.6 is 11.8 Å². The van der Waals surface area contributed by atoms with Crippen molar-refractivity contribution in [2.24, 2.45) is 0 Å². The Morgan fingerprint density at radius 1 is 1.10 bits per heavy atom. The van der Waals surface area contributed by atoms with Gasteiger partial charge >= 0.3 is 0 Å². The largest absolute Gasteiger partial charge is 0.357 e. The molecule has 0 amide bonds. The second-order valence-electron chi connectivity index (χ2n) is 7.29. The monoisotopic (exact) mass is 404 g/mol. The van der Waals surface area contributed by atoms with Crippen LogP contribution < -0.4 is 0 Å². The van der Waals surface area contributed by atoms with Gasteiger partial charge in [-0.15, -0.1) is 0 Å². The van der Waals surface area contributed by atoms with Crippen LogP contribution in [0.15, 0.2) is 66.1 Å². The third kappa shape index (κ3) is 3.32. The zero-order valence-corrected chi connectivity index (χ0v) is 16.9. The van der Waals surface area contributed by atoms with E-state index in [0.717, 1.165) is 34.9 Å². The zero-order chi connectivity index (χ0) is 19.8. The van der Waals surface area contributed by atoms with Gasteiger partial charge in [0.15, 0.2) is 5.16 Å². The van der Waals surface area contributed by atoms with E-state index in [1.54, 1.807) is 12.1 Å². The fourth-order valence-electron chi connectivity index (χ4n) is 4.27. The average Bonchev–Trinajstić information content (AvgIpc) is 3.13. The molecule has 0 saturated heterocycles. The third-order valence-corrected chi connectivity index (χ3v) is 6.16. The molecule has 0 unspecified atom stereocenters. The molecule has 0 aliphatic carbocycles. The lowest BCUT2D eigenvalue weighted by Crippen LogP contribution is -2.36. The van der Waals surface area contributed by atoms with E-state index in [0.29, 0.717) is 12.1 Å². The number of nitrogens with one attached hydrogen (secondary N) is 1. The molecule has 2 aromatic carbocycles. The molecule has 2 aromatic heterocycles. The van der Waals surface area contributed by atoms with Gasteiger partial charge in [-0.1, -0.05) is 48.2 Å². The Morgan fingerprint density at radius 2 is 1.86 bits per heavy atom. The molecule has 4 aromatic rings. The van der Waals surface area contributed by atoms with Crippen LogP contribution in [0.5, 0.6) is 0 Å². The Morgan fingerprint density at radius 3 is 2.66 bits per heavy atom. The van der Waals surface area contributed by atoms with Gasteiger partial charge < -0.3 is 4.98 Å². The highest BCUT2D eigenvalue weighted by atomic mass is 32.2. The van der Waals surface area contributed by atoms with Gasteiger partial charge in [-0.2, -0.15) is 0 Å². The maximum absolute atomic E-state index is 14.9. The number of thioether (sulfide) groups is 1. The number of H-pyrrole nitrogens is 1. The summed E-state index contributed by atoms with van der Waals surface area (Å²) in [5.74, 6) is -0.178.